The molecule has 10 amide bonds. The predicted molar refractivity (Wildman–Crippen MR) is 113 cm³/mol. The normalized spacial score (nSPS) is 19.2. The van der Waals surface area contributed by atoms with Crippen molar-refractivity contribution in [1.29, 1.82) is 0 Å². The first-order chi connectivity index (χ1) is 17.3. The minimum Gasteiger partial charge on any atom is -0.481 e. The standard InChI is InChI=1S/C11H16N8O8.C5H9NO4/c20-2-18-4(6(22)16-10(18)26)14-8(24)12-1-13-9(25)15-5-7(23)17-11(27)19(5)3-21;6-3(5(9)10)1-2-4(7)8/h4-5,20-21H,1-3H2,(H2,12,14,24)(H2,13,15,25)(H,16,22,26)(H,17,23,27);3H,1-2,6H2,(H,7,8)(H,9,10)/t;3-/m.0/s1. The molecule has 206 valence electrons. The van der Waals surface area contributed by atoms with Crippen molar-refractivity contribution in [2.24, 2.45) is 5.73 Å². The fraction of sp³-hybridized carbons (Fsp3) is 0.500. The van der Waals surface area contributed by atoms with Gasteiger partial charge in [0, 0.05) is 6.42 Å². The molecule has 0 aromatic carbocycles. The topological polar surface area (TPSA) is 322 Å². The number of hydrogen-bond acceptors (Lipinski definition) is 11. The summed E-state index contributed by atoms with van der Waals surface area (Å²) in [6.07, 6.45) is -3.08. The molecule has 0 radical (unpaired) electrons. The van der Waals surface area contributed by atoms with E-state index in [4.69, 9.17) is 26.2 Å². The number of aliphatic carboxylic acids is 2. The zero-order valence-electron chi connectivity index (χ0n) is 18.8. The number of nitrogens with two attached hydrogens (primary N) is 1. The molecule has 12 N–H and O–H groups in total. The highest BCUT2D eigenvalue weighted by atomic mass is 16.4. The first-order valence-corrected chi connectivity index (χ1v) is 10.1. The van der Waals surface area contributed by atoms with E-state index in [0.717, 1.165) is 0 Å². The smallest absolute Gasteiger partial charge is 0.328 e. The number of aliphatic hydroxyl groups excluding tert-OH is 2. The molecule has 2 unspecified atom stereocenters. The van der Waals surface area contributed by atoms with Crippen LogP contribution in [0.1, 0.15) is 12.8 Å². The lowest BCUT2D eigenvalue weighted by Gasteiger charge is -2.21. The summed E-state index contributed by atoms with van der Waals surface area (Å²) in [5.74, 6) is -3.90. The first-order valence-electron chi connectivity index (χ1n) is 10.1. The van der Waals surface area contributed by atoms with Crippen molar-refractivity contribution >= 4 is 47.9 Å². The van der Waals surface area contributed by atoms with Gasteiger partial charge in [0.2, 0.25) is 0 Å². The maximum absolute atomic E-state index is 11.7. The van der Waals surface area contributed by atoms with Gasteiger partial charge in [0.05, 0.1) is 6.67 Å². The molecule has 21 heteroatoms. The van der Waals surface area contributed by atoms with Crippen molar-refractivity contribution in [2.45, 2.75) is 31.2 Å². The number of carbonyl (C=O) groups is 8. The Labute approximate surface area is 206 Å². The maximum Gasteiger partial charge on any atom is 0.328 e. The van der Waals surface area contributed by atoms with E-state index >= 15 is 0 Å². The molecule has 2 aliphatic rings. The molecule has 0 aromatic heterocycles. The Bertz CT molecular complexity index is 888. The molecule has 2 fully saturated rings. The second-order valence-corrected chi connectivity index (χ2v) is 6.97. The Morgan fingerprint density at radius 3 is 1.57 bits per heavy atom. The molecular weight excluding hydrogens is 510 g/mol. The molecule has 2 aliphatic heterocycles. The van der Waals surface area contributed by atoms with Gasteiger partial charge in [0.15, 0.2) is 12.3 Å². The SMILES string of the molecule is N[C@@H](CCC(=O)O)C(=O)O.O=C(NCNC(=O)NC1C(=O)NC(=O)N1CO)NC1C(=O)NC(=O)N1CO. The van der Waals surface area contributed by atoms with Gasteiger partial charge in [0.25, 0.3) is 11.8 Å². The molecule has 0 aromatic rings. The zero-order valence-corrected chi connectivity index (χ0v) is 18.8. The van der Waals surface area contributed by atoms with Crippen LogP contribution in [0.4, 0.5) is 19.2 Å². The Hall–Kier alpha value is -4.76. The number of carboxylic acid groups (broad SMARTS) is 2. The summed E-state index contributed by atoms with van der Waals surface area (Å²) in [6.45, 7) is -2.08. The number of carboxylic acids is 2. The van der Waals surface area contributed by atoms with Crippen LogP contribution in [0.5, 0.6) is 0 Å². The number of rotatable bonds is 10. The van der Waals surface area contributed by atoms with Crippen LogP contribution in [-0.2, 0) is 19.2 Å². The van der Waals surface area contributed by atoms with E-state index in [1.165, 1.54) is 0 Å². The van der Waals surface area contributed by atoms with Gasteiger partial charge in [-0.15, -0.1) is 0 Å². The van der Waals surface area contributed by atoms with Crippen molar-refractivity contribution in [1.82, 2.24) is 41.7 Å². The molecule has 37 heavy (non-hydrogen) atoms. The summed E-state index contributed by atoms with van der Waals surface area (Å²) in [5.41, 5.74) is 5.00. The summed E-state index contributed by atoms with van der Waals surface area (Å²) < 4.78 is 0. The largest absolute Gasteiger partial charge is 0.481 e. The lowest BCUT2D eigenvalue weighted by Crippen LogP contribution is -2.56. The summed E-state index contributed by atoms with van der Waals surface area (Å²) in [4.78, 5) is 90.1. The number of carbonyl (C=O) groups excluding carboxylic acids is 6. The van der Waals surface area contributed by atoms with Gasteiger partial charge in [-0.05, 0) is 6.42 Å². The summed E-state index contributed by atoms with van der Waals surface area (Å²) in [7, 11) is 0. The van der Waals surface area contributed by atoms with Crippen molar-refractivity contribution in [3.63, 3.8) is 0 Å². The number of nitrogens with zero attached hydrogens (tertiary/aromatic N) is 2. The van der Waals surface area contributed by atoms with E-state index in [0.29, 0.717) is 9.80 Å². The van der Waals surface area contributed by atoms with Gasteiger partial charge in [0.1, 0.15) is 19.5 Å². The minimum atomic E-state index is -1.43. The Morgan fingerprint density at radius 2 is 1.24 bits per heavy atom. The number of aliphatic hydroxyl groups is 2. The Morgan fingerprint density at radius 1 is 0.838 bits per heavy atom. The molecule has 2 heterocycles. The molecule has 0 aliphatic carbocycles. The fourth-order valence-corrected chi connectivity index (χ4v) is 2.54. The first kappa shape index (κ1) is 30.3. The Balaban J connectivity index is 0.000000580. The molecular formula is C16H25N9O12. The number of hydrogen-bond donors (Lipinski definition) is 11. The van der Waals surface area contributed by atoms with E-state index < -0.39 is 86.4 Å². The molecule has 3 atom stereocenters. The molecule has 0 spiro atoms. The van der Waals surface area contributed by atoms with Crippen LogP contribution < -0.4 is 37.6 Å². The van der Waals surface area contributed by atoms with E-state index in [1.54, 1.807) is 0 Å². The quantitative estimate of drug-likeness (QED) is 0.0919. The van der Waals surface area contributed by atoms with Crippen molar-refractivity contribution in [3.8, 4) is 0 Å². The van der Waals surface area contributed by atoms with Crippen LogP contribution in [0.2, 0.25) is 0 Å². The van der Waals surface area contributed by atoms with Gasteiger partial charge < -0.3 is 47.4 Å². The molecule has 21 nitrogen and oxygen atoms in total. The second-order valence-electron chi connectivity index (χ2n) is 6.97. The number of urea groups is 4. The van der Waals surface area contributed by atoms with E-state index in [2.05, 4.69) is 21.3 Å². The second kappa shape index (κ2) is 14.0. The lowest BCUT2D eigenvalue weighted by molar-refractivity contribution is -0.140. The van der Waals surface area contributed by atoms with Crippen LogP contribution in [-0.4, -0.2) is 117 Å². The van der Waals surface area contributed by atoms with Crippen molar-refractivity contribution < 1.29 is 58.8 Å². The van der Waals surface area contributed by atoms with Gasteiger partial charge in [-0.25, -0.2) is 19.2 Å². The van der Waals surface area contributed by atoms with Crippen LogP contribution in [0, 0.1) is 0 Å². The monoisotopic (exact) mass is 535 g/mol. The summed E-state index contributed by atoms with van der Waals surface area (Å²) >= 11 is 0. The summed E-state index contributed by atoms with van der Waals surface area (Å²) in [6, 6.07) is -4.73. The highest BCUT2D eigenvalue weighted by Gasteiger charge is 2.40. The average molecular weight is 535 g/mol. The van der Waals surface area contributed by atoms with Crippen LogP contribution in [0.25, 0.3) is 0 Å². The van der Waals surface area contributed by atoms with Crippen molar-refractivity contribution in [3.05, 3.63) is 0 Å². The van der Waals surface area contributed by atoms with Gasteiger partial charge in [-0.1, -0.05) is 0 Å². The molecule has 0 saturated carbocycles. The van der Waals surface area contributed by atoms with Gasteiger partial charge >= 0.3 is 36.1 Å². The fourth-order valence-electron chi connectivity index (χ4n) is 2.54. The molecule has 0 bridgehead atoms. The number of imide groups is 2. The molecule has 2 saturated heterocycles. The number of nitrogens with one attached hydrogen (secondary N) is 6. The third-order valence-corrected chi connectivity index (χ3v) is 4.43. The highest BCUT2D eigenvalue weighted by Crippen LogP contribution is 2.05. The summed E-state index contributed by atoms with van der Waals surface area (Å²) in [5, 5.41) is 46.5. The van der Waals surface area contributed by atoms with E-state index in [-0.39, 0.29) is 12.8 Å². The minimum absolute atomic E-state index is 0.0231. The van der Waals surface area contributed by atoms with Crippen LogP contribution in [0.15, 0.2) is 0 Å². The lowest BCUT2D eigenvalue weighted by atomic mass is 10.2. The van der Waals surface area contributed by atoms with Crippen molar-refractivity contribution in [2.75, 3.05) is 20.1 Å². The molecule has 2 rings (SSSR count). The van der Waals surface area contributed by atoms with Crippen LogP contribution >= 0.6 is 0 Å². The van der Waals surface area contributed by atoms with Crippen LogP contribution in [0.3, 0.4) is 0 Å². The van der Waals surface area contributed by atoms with Gasteiger partial charge in [-0.2, -0.15) is 0 Å². The third kappa shape index (κ3) is 9.08. The maximum atomic E-state index is 11.7. The van der Waals surface area contributed by atoms with E-state index in [9.17, 15) is 38.4 Å². The Kier molecular flexibility index (Phi) is 11.4. The predicted octanol–water partition coefficient (Wildman–Crippen LogP) is -5.54. The highest BCUT2D eigenvalue weighted by molar-refractivity contribution is 6.05. The zero-order chi connectivity index (χ0) is 28.3. The number of amides is 10. The third-order valence-electron chi connectivity index (χ3n) is 4.43. The average Bonchev–Trinajstić information content (AvgIpc) is 3.24. The van der Waals surface area contributed by atoms with E-state index in [1.807, 2.05) is 10.6 Å². The van der Waals surface area contributed by atoms with Gasteiger partial charge in [-0.3, -0.25) is 39.6 Å².